The third-order valence-corrected chi connectivity index (χ3v) is 10.3. The Balaban J connectivity index is 1.12. The molecule has 3 fully saturated rings. The molecule has 6 atom stereocenters. The number of ether oxygens (including phenoxy) is 4. The van der Waals surface area contributed by atoms with Crippen LogP contribution in [-0.2, 0) is 38.8 Å². The topological polar surface area (TPSA) is 70.4 Å². The Labute approximate surface area is 286 Å². The van der Waals surface area contributed by atoms with Crippen molar-refractivity contribution in [2.75, 3.05) is 24.6 Å². The van der Waals surface area contributed by atoms with Crippen LogP contribution in [0.2, 0.25) is 5.15 Å². The summed E-state index contributed by atoms with van der Waals surface area (Å²) in [5.41, 5.74) is 5.24. The first-order valence-electron chi connectivity index (χ1n) is 17.1. The van der Waals surface area contributed by atoms with Crippen molar-refractivity contribution in [3.8, 4) is 0 Å². The van der Waals surface area contributed by atoms with E-state index in [1.165, 1.54) is 19.3 Å². The van der Waals surface area contributed by atoms with Crippen LogP contribution in [0.25, 0.3) is 5.52 Å². The number of benzene rings is 3. The molecule has 48 heavy (non-hydrogen) atoms. The van der Waals surface area contributed by atoms with Crippen molar-refractivity contribution in [1.29, 1.82) is 0 Å². The van der Waals surface area contributed by atoms with E-state index in [1.54, 1.807) is 0 Å². The van der Waals surface area contributed by atoms with Gasteiger partial charge in [-0.2, -0.15) is 5.10 Å². The Hall–Kier alpha value is -3.79. The van der Waals surface area contributed by atoms with Crippen molar-refractivity contribution < 1.29 is 18.9 Å². The van der Waals surface area contributed by atoms with E-state index in [9.17, 15) is 0 Å². The average molecular weight is 665 g/mol. The van der Waals surface area contributed by atoms with Crippen molar-refractivity contribution in [2.45, 2.75) is 63.5 Å². The average Bonchev–Trinajstić information content (AvgIpc) is 3.91. The molecule has 0 spiro atoms. The Morgan fingerprint density at radius 1 is 0.750 bits per heavy atom. The molecule has 2 aromatic heterocycles. The fraction of sp³-hybridized carbons (Fsp3) is 0.385. The molecule has 1 saturated carbocycles. The maximum Gasteiger partial charge on any atom is 0.162 e. The minimum Gasteiger partial charge on any atom is -0.374 e. The van der Waals surface area contributed by atoms with Crippen LogP contribution >= 0.6 is 11.6 Å². The molecule has 9 heteroatoms. The lowest BCUT2D eigenvalue weighted by molar-refractivity contribution is -0.0899. The van der Waals surface area contributed by atoms with E-state index >= 15 is 0 Å². The largest absolute Gasteiger partial charge is 0.374 e. The Morgan fingerprint density at radius 3 is 1.96 bits per heavy atom. The zero-order chi connectivity index (χ0) is 32.3. The van der Waals surface area contributed by atoms with E-state index in [0.717, 1.165) is 52.8 Å². The fourth-order valence-corrected chi connectivity index (χ4v) is 7.86. The van der Waals surface area contributed by atoms with E-state index in [4.69, 9.17) is 40.6 Å². The van der Waals surface area contributed by atoms with Crippen molar-refractivity contribution in [1.82, 2.24) is 14.6 Å². The maximum atomic E-state index is 6.86. The lowest BCUT2D eigenvalue weighted by Crippen LogP contribution is -2.38. The van der Waals surface area contributed by atoms with Gasteiger partial charge < -0.3 is 23.8 Å². The summed E-state index contributed by atoms with van der Waals surface area (Å²) < 4.78 is 28.4. The van der Waals surface area contributed by atoms with Crippen LogP contribution in [-0.4, -0.2) is 52.6 Å². The Kier molecular flexibility index (Phi) is 9.42. The second-order valence-electron chi connectivity index (χ2n) is 13.2. The van der Waals surface area contributed by atoms with Gasteiger partial charge in [-0.25, -0.2) is 9.50 Å². The highest BCUT2D eigenvalue weighted by Crippen LogP contribution is 2.43. The number of aromatic nitrogens is 3. The van der Waals surface area contributed by atoms with Gasteiger partial charge in [-0.05, 0) is 41.4 Å². The van der Waals surface area contributed by atoms with Gasteiger partial charge in [0.15, 0.2) is 11.0 Å². The summed E-state index contributed by atoms with van der Waals surface area (Å²) in [7, 11) is 0. The number of rotatable bonds is 12. The fourth-order valence-electron chi connectivity index (χ4n) is 7.68. The number of halogens is 1. The Morgan fingerprint density at radius 2 is 1.33 bits per heavy atom. The third kappa shape index (κ3) is 6.73. The summed E-state index contributed by atoms with van der Waals surface area (Å²) in [6.45, 7) is 3.69. The van der Waals surface area contributed by atoms with Crippen LogP contribution in [0.1, 0.15) is 47.9 Å². The number of anilines is 1. The molecule has 5 aromatic rings. The minimum atomic E-state index is -0.570. The highest BCUT2D eigenvalue weighted by molar-refractivity contribution is 6.29. The Bertz CT molecular complexity index is 1780. The van der Waals surface area contributed by atoms with Gasteiger partial charge in [0.25, 0.3) is 0 Å². The number of nitrogens with zero attached hydrogens (tertiary/aromatic N) is 4. The van der Waals surface area contributed by atoms with Crippen molar-refractivity contribution in [3.05, 3.63) is 131 Å². The lowest BCUT2D eigenvalue weighted by Gasteiger charge is -2.25. The number of hydrogen-bond acceptors (Lipinski definition) is 7. The first kappa shape index (κ1) is 31.5. The molecule has 8 rings (SSSR count). The van der Waals surface area contributed by atoms with Gasteiger partial charge in [0.05, 0.1) is 38.3 Å². The summed E-state index contributed by atoms with van der Waals surface area (Å²) in [4.78, 5) is 7.42. The van der Waals surface area contributed by atoms with E-state index in [0.29, 0.717) is 37.4 Å². The van der Waals surface area contributed by atoms with E-state index in [1.807, 2.05) is 71.4 Å². The predicted octanol–water partition coefficient (Wildman–Crippen LogP) is 7.45. The first-order valence-corrected chi connectivity index (χ1v) is 17.4. The molecule has 0 N–H and O–H groups in total. The predicted molar refractivity (Wildman–Crippen MR) is 185 cm³/mol. The van der Waals surface area contributed by atoms with Crippen LogP contribution in [0, 0.1) is 11.8 Å². The standard InChI is InChI=1S/C39H41ClN4O4/c40-35-19-32(43-21-30-17-10-18-31(30)22-43)33-20-41-39(44(33)42-35)38-37(47-25-29-15-8-3-9-16-29)36(46-24-28-13-6-2-7-14-28)34(48-38)26-45-23-27-11-4-1-5-12-27/h1-9,11-16,19-20,30-31,34,36-38H,10,17-18,21-26H2/t30?,31?,34-,36-,37-,38-/m1/s1. The van der Waals surface area contributed by atoms with E-state index in [2.05, 4.69) is 41.3 Å². The molecule has 2 saturated heterocycles. The van der Waals surface area contributed by atoms with Crippen LogP contribution in [0.5, 0.6) is 0 Å². The zero-order valence-corrected chi connectivity index (χ0v) is 27.7. The van der Waals surface area contributed by atoms with Crippen molar-refractivity contribution in [2.24, 2.45) is 11.8 Å². The zero-order valence-electron chi connectivity index (χ0n) is 26.9. The molecule has 0 amide bonds. The molecule has 248 valence electrons. The monoisotopic (exact) mass is 664 g/mol. The minimum absolute atomic E-state index is 0.329. The van der Waals surface area contributed by atoms with E-state index in [-0.39, 0.29) is 0 Å². The van der Waals surface area contributed by atoms with Crippen molar-refractivity contribution in [3.63, 3.8) is 0 Å². The summed E-state index contributed by atoms with van der Waals surface area (Å²) in [5.74, 6) is 2.13. The van der Waals surface area contributed by atoms with Gasteiger partial charge in [0, 0.05) is 19.2 Å². The smallest absolute Gasteiger partial charge is 0.162 e. The van der Waals surface area contributed by atoms with Crippen LogP contribution in [0.4, 0.5) is 5.69 Å². The number of fused-ring (bicyclic) bond motifs is 2. The number of hydrogen-bond donors (Lipinski definition) is 0. The van der Waals surface area contributed by atoms with Crippen molar-refractivity contribution >= 4 is 22.8 Å². The highest BCUT2D eigenvalue weighted by Gasteiger charge is 2.49. The van der Waals surface area contributed by atoms with Gasteiger partial charge in [0.2, 0.25) is 0 Å². The van der Waals surface area contributed by atoms with Crippen LogP contribution in [0.3, 0.4) is 0 Å². The van der Waals surface area contributed by atoms with Gasteiger partial charge in [-0.1, -0.05) is 109 Å². The van der Waals surface area contributed by atoms with Crippen LogP contribution < -0.4 is 4.90 Å². The summed E-state index contributed by atoms with van der Waals surface area (Å²) in [6, 6.07) is 32.5. The molecule has 2 unspecified atom stereocenters. The quantitative estimate of drug-likeness (QED) is 0.137. The van der Waals surface area contributed by atoms with Gasteiger partial charge in [-0.15, -0.1) is 0 Å². The van der Waals surface area contributed by atoms with Gasteiger partial charge in [0.1, 0.15) is 29.9 Å². The van der Waals surface area contributed by atoms with Gasteiger partial charge in [-0.3, -0.25) is 0 Å². The summed E-state index contributed by atoms with van der Waals surface area (Å²) in [5, 5.41) is 5.19. The molecule has 3 aliphatic rings. The third-order valence-electron chi connectivity index (χ3n) is 10.1. The molecule has 4 heterocycles. The molecule has 1 aliphatic carbocycles. The molecular weight excluding hydrogens is 624 g/mol. The molecule has 3 aromatic carbocycles. The molecule has 0 bridgehead atoms. The molecule has 0 radical (unpaired) electrons. The van der Waals surface area contributed by atoms with Crippen LogP contribution in [0.15, 0.2) is 103 Å². The molecular formula is C39H41ClN4O4. The second-order valence-corrected chi connectivity index (χ2v) is 13.6. The first-order chi connectivity index (χ1) is 23.7. The molecule has 8 nitrogen and oxygen atoms in total. The highest BCUT2D eigenvalue weighted by atomic mass is 35.5. The summed E-state index contributed by atoms with van der Waals surface area (Å²) in [6.07, 6.45) is 3.94. The number of imidazole rings is 1. The van der Waals surface area contributed by atoms with E-state index < -0.39 is 24.4 Å². The lowest BCUT2D eigenvalue weighted by atomic mass is 10.0. The second kappa shape index (κ2) is 14.4. The summed E-state index contributed by atoms with van der Waals surface area (Å²) >= 11 is 6.73. The normalized spacial score (nSPS) is 25.2. The maximum absolute atomic E-state index is 6.86. The SMILES string of the molecule is Clc1cc(N2CC3CCCC3C2)c2cnc([C@@H]3O[C@H](COCc4ccccc4)[C@@H](OCc4ccccc4)[C@H]3OCc3ccccc3)n2n1. The molecule has 2 aliphatic heterocycles. The van der Waals surface area contributed by atoms with Gasteiger partial charge >= 0.3 is 0 Å².